The van der Waals surface area contributed by atoms with Crippen molar-refractivity contribution in [2.24, 2.45) is 11.5 Å². The molecule has 4 atom stereocenters. The lowest BCUT2D eigenvalue weighted by molar-refractivity contribution is -0.144. The van der Waals surface area contributed by atoms with Gasteiger partial charge in [0.2, 0.25) is 23.6 Å². The van der Waals surface area contributed by atoms with E-state index in [1.807, 2.05) is 5.32 Å². The third-order valence-electron chi connectivity index (χ3n) is 4.75. The Kier molecular flexibility index (Phi) is 12.2. The van der Waals surface area contributed by atoms with E-state index in [-0.39, 0.29) is 12.2 Å². The van der Waals surface area contributed by atoms with E-state index in [0.717, 1.165) is 5.56 Å². The normalized spacial score (nSPS) is 14.0. The van der Waals surface area contributed by atoms with E-state index < -0.39 is 79.0 Å². The molecule has 0 fully saturated rings. The number of benzene rings is 1. The summed E-state index contributed by atoms with van der Waals surface area (Å²) in [5.41, 5.74) is 11.7. The Morgan fingerprint density at radius 1 is 0.857 bits per heavy atom. The quantitative estimate of drug-likeness (QED) is 0.119. The van der Waals surface area contributed by atoms with Crippen LogP contribution in [0.1, 0.15) is 24.8 Å². The van der Waals surface area contributed by atoms with Crippen LogP contribution < -0.4 is 27.4 Å². The van der Waals surface area contributed by atoms with Crippen LogP contribution in [0.5, 0.6) is 0 Å². The first-order chi connectivity index (χ1) is 16.4. The standard InChI is InChI=1S/C21H29N5O8S/c22-12(8-11-4-2-1-3-5-11)18(30)26-15(10-35)20(32)24-13(6-7-17(28)29)19(31)25-14(21(33)34)9-16(23)27/h1-5,12-15,35H,6-10,22H2,(H2,23,27)(H,24,32)(H,25,31)(H,26,30)(H,28,29)(H,33,34). The molecule has 4 unspecified atom stereocenters. The first-order valence-corrected chi connectivity index (χ1v) is 11.1. The second-order valence-corrected chi connectivity index (χ2v) is 7.97. The number of hydrogen-bond donors (Lipinski definition) is 8. The molecule has 4 amide bonds. The molecule has 0 aliphatic carbocycles. The predicted molar refractivity (Wildman–Crippen MR) is 126 cm³/mol. The fourth-order valence-electron chi connectivity index (χ4n) is 2.92. The Morgan fingerprint density at radius 2 is 1.40 bits per heavy atom. The predicted octanol–water partition coefficient (Wildman–Crippen LogP) is -2.23. The van der Waals surface area contributed by atoms with Gasteiger partial charge < -0.3 is 37.6 Å². The number of amides is 4. The summed E-state index contributed by atoms with van der Waals surface area (Å²) in [7, 11) is 0. The van der Waals surface area contributed by atoms with Gasteiger partial charge in [-0.1, -0.05) is 30.3 Å². The van der Waals surface area contributed by atoms with Crippen LogP contribution in [0.25, 0.3) is 0 Å². The van der Waals surface area contributed by atoms with Crippen molar-refractivity contribution in [3.8, 4) is 0 Å². The number of primary amides is 1. The van der Waals surface area contributed by atoms with Crippen molar-refractivity contribution >= 4 is 48.2 Å². The third-order valence-corrected chi connectivity index (χ3v) is 5.12. The van der Waals surface area contributed by atoms with Crippen molar-refractivity contribution in [1.82, 2.24) is 16.0 Å². The van der Waals surface area contributed by atoms with Crippen molar-refractivity contribution in [2.75, 3.05) is 5.75 Å². The van der Waals surface area contributed by atoms with E-state index in [1.165, 1.54) is 0 Å². The zero-order valence-corrected chi connectivity index (χ0v) is 19.6. The van der Waals surface area contributed by atoms with Gasteiger partial charge in [-0.3, -0.25) is 24.0 Å². The Labute approximate surface area is 206 Å². The van der Waals surface area contributed by atoms with E-state index in [4.69, 9.17) is 21.7 Å². The van der Waals surface area contributed by atoms with Crippen LogP contribution >= 0.6 is 12.6 Å². The second-order valence-electron chi connectivity index (χ2n) is 7.60. The molecule has 35 heavy (non-hydrogen) atoms. The van der Waals surface area contributed by atoms with Crippen molar-refractivity contribution in [2.45, 2.75) is 49.9 Å². The Balaban J connectivity index is 2.87. The number of carbonyl (C=O) groups excluding carboxylic acids is 4. The van der Waals surface area contributed by atoms with Crippen LogP contribution in [0.15, 0.2) is 30.3 Å². The lowest BCUT2D eigenvalue weighted by Crippen LogP contribution is -2.58. The molecule has 192 valence electrons. The molecular weight excluding hydrogens is 482 g/mol. The third kappa shape index (κ3) is 10.9. The molecule has 13 nitrogen and oxygen atoms in total. The maximum absolute atomic E-state index is 12.7. The zero-order valence-electron chi connectivity index (χ0n) is 18.7. The number of carbonyl (C=O) groups is 6. The topological polar surface area (TPSA) is 231 Å². The van der Waals surface area contributed by atoms with E-state index in [1.54, 1.807) is 30.3 Å². The summed E-state index contributed by atoms with van der Waals surface area (Å²) in [6, 6.07) is 3.56. The average molecular weight is 512 g/mol. The molecule has 9 N–H and O–H groups in total. The van der Waals surface area contributed by atoms with Crippen molar-refractivity contribution < 1.29 is 39.0 Å². The van der Waals surface area contributed by atoms with Crippen LogP contribution in [0, 0.1) is 0 Å². The zero-order chi connectivity index (χ0) is 26.5. The van der Waals surface area contributed by atoms with Gasteiger partial charge in [0.15, 0.2) is 0 Å². The first kappa shape index (κ1) is 29.4. The van der Waals surface area contributed by atoms with E-state index >= 15 is 0 Å². The molecule has 0 heterocycles. The maximum atomic E-state index is 12.7. The lowest BCUT2D eigenvalue weighted by atomic mass is 10.1. The number of thiol groups is 1. The number of hydrogen-bond acceptors (Lipinski definition) is 8. The lowest BCUT2D eigenvalue weighted by Gasteiger charge is -2.24. The number of nitrogens with two attached hydrogens (primary N) is 2. The molecule has 1 rings (SSSR count). The van der Waals surface area contributed by atoms with Gasteiger partial charge in [0.1, 0.15) is 18.1 Å². The number of carboxylic acids is 2. The Hall–Kier alpha value is -3.65. The fourth-order valence-corrected chi connectivity index (χ4v) is 3.17. The minimum atomic E-state index is -1.68. The molecule has 0 saturated heterocycles. The molecule has 0 spiro atoms. The monoisotopic (exact) mass is 511 g/mol. The SMILES string of the molecule is NC(=O)CC(NC(=O)C(CCC(=O)O)NC(=O)C(CS)NC(=O)C(N)Cc1ccccc1)C(=O)O. The highest BCUT2D eigenvalue weighted by molar-refractivity contribution is 7.80. The van der Waals surface area contributed by atoms with Gasteiger partial charge >= 0.3 is 11.9 Å². The van der Waals surface area contributed by atoms with Crippen LogP contribution in [0.2, 0.25) is 0 Å². The van der Waals surface area contributed by atoms with Gasteiger partial charge in [0.25, 0.3) is 0 Å². The smallest absolute Gasteiger partial charge is 0.326 e. The van der Waals surface area contributed by atoms with Crippen LogP contribution in [0.3, 0.4) is 0 Å². The van der Waals surface area contributed by atoms with Crippen LogP contribution in [-0.4, -0.2) is 75.7 Å². The molecule has 14 heteroatoms. The summed E-state index contributed by atoms with van der Waals surface area (Å²) < 4.78 is 0. The summed E-state index contributed by atoms with van der Waals surface area (Å²) in [5, 5.41) is 24.9. The highest BCUT2D eigenvalue weighted by Crippen LogP contribution is 2.05. The van der Waals surface area contributed by atoms with E-state index in [0.29, 0.717) is 0 Å². The average Bonchev–Trinajstić information content (AvgIpc) is 2.79. The highest BCUT2D eigenvalue weighted by Gasteiger charge is 2.30. The number of carboxylic acid groups (broad SMARTS) is 2. The number of aliphatic carboxylic acids is 2. The van der Waals surface area contributed by atoms with Gasteiger partial charge in [-0.25, -0.2) is 4.79 Å². The second kappa shape index (κ2) is 14.6. The van der Waals surface area contributed by atoms with Gasteiger partial charge in [-0.2, -0.15) is 12.6 Å². The first-order valence-electron chi connectivity index (χ1n) is 10.5. The molecule has 0 aliphatic heterocycles. The Bertz CT molecular complexity index is 930. The van der Waals surface area contributed by atoms with Crippen molar-refractivity contribution in [1.29, 1.82) is 0 Å². The number of rotatable bonds is 15. The van der Waals surface area contributed by atoms with Crippen LogP contribution in [-0.2, 0) is 35.2 Å². The summed E-state index contributed by atoms with van der Waals surface area (Å²) in [6.45, 7) is 0. The van der Waals surface area contributed by atoms with Crippen molar-refractivity contribution in [3.63, 3.8) is 0 Å². The highest BCUT2D eigenvalue weighted by atomic mass is 32.1. The minimum Gasteiger partial charge on any atom is -0.481 e. The molecule has 0 bridgehead atoms. The Morgan fingerprint density at radius 3 is 1.91 bits per heavy atom. The molecule has 0 saturated carbocycles. The van der Waals surface area contributed by atoms with Gasteiger partial charge in [0, 0.05) is 12.2 Å². The van der Waals surface area contributed by atoms with Gasteiger partial charge in [-0.05, 0) is 18.4 Å². The minimum absolute atomic E-state index is 0.178. The van der Waals surface area contributed by atoms with E-state index in [2.05, 4.69) is 23.3 Å². The molecule has 0 aromatic heterocycles. The molecule has 0 aliphatic rings. The van der Waals surface area contributed by atoms with Gasteiger partial charge in [0.05, 0.1) is 12.5 Å². The molecule has 1 aromatic carbocycles. The summed E-state index contributed by atoms with van der Waals surface area (Å²) in [6.07, 6.45) is -1.44. The van der Waals surface area contributed by atoms with Gasteiger partial charge in [-0.15, -0.1) is 0 Å². The largest absolute Gasteiger partial charge is 0.481 e. The maximum Gasteiger partial charge on any atom is 0.326 e. The number of nitrogens with one attached hydrogen (secondary N) is 3. The molecule has 1 aromatic rings. The summed E-state index contributed by atoms with van der Waals surface area (Å²) in [5.74, 6) is -6.55. The molecular formula is C21H29N5O8S. The molecule has 0 radical (unpaired) electrons. The fraction of sp³-hybridized carbons (Fsp3) is 0.429. The summed E-state index contributed by atoms with van der Waals surface area (Å²) >= 11 is 4.04. The van der Waals surface area contributed by atoms with Crippen LogP contribution in [0.4, 0.5) is 0 Å². The van der Waals surface area contributed by atoms with E-state index in [9.17, 15) is 28.8 Å². The summed E-state index contributed by atoms with van der Waals surface area (Å²) in [4.78, 5) is 71.1. The van der Waals surface area contributed by atoms with Crippen molar-refractivity contribution in [3.05, 3.63) is 35.9 Å².